The SMILES string of the molecule is CCCNC(CCC)CCCc1cnn(C)c1. The molecule has 3 heteroatoms. The molecule has 1 rings (SSSR count). The summed E-state index contributed by atoms with van der Waals surface area (Å²) in [6, 6.07) is 0.705. The third-order valence-corrected chi connectivity index (χ3v) is 3.10. The van der Waals surface area contributed by atoms with Crippen molar-refractivity contribution in [3.8, 4) is 0 Å². The third kappa shape index (κ3) is 5.87. The molecule has 1 atom stereocenters. The van der Waals surface area contributed by atoms with Gasteiger partial charge in [-0.15, -0.1) is 0 Å². The maximum absolute atomic E-state index is 4.20. The minimum atomic E-state index is 0.705. The number of hydrogen-bond acceptors (Lipinski definition) is 2. The van der Waals surface area contributed by atoms with Crippen LogP contribution in [0.4, 0.5) is 0 Å². The molecule has 3 nitrogen and oxygen atoms in total. The van der Waals surface area contributed by atoms with Gasteiger partial charge in [-0.25, -0.2) is 0 Å². The van der Waals surface area contributed by atoms with Crippen LogP contribution in [0.25, 0.3) is 0 Å². The number of aromatic nitrogens is 2. The predicted octanol–water partition coefficient (Wildman–Crippen LogP) is 2.91. The van der Waals surface area contributed by atoms with Gasteiger partial charge in [-0.05, 0) is 44.2 Å². The summed E-state index contributed by atoms with van der Waals surface area (Å²) in [6.45, 7) is 5.64. The van der Waals surface area contributed by atoms with Gasteiger partial charge in [-0.1, -0.05) is 20.3 Å². The van der Waals surface area contributed by atoms with Gasteiger partial charge in [0.25, 0.3) is 0 Å². The Labute approximate surface area is 106 Å². The fourth-order valence-corrected chi connectivity index (χ4v) is 2.20. The second-order valence-corrected chi connectivity index (χ2v) is 4.85. The summed E-state index contributed by atoms with van der Waals surface area (Å²) in [7, 11) is 1.98. The van der Waals surface area contributed by atoms with Crippen molar-refractivity contribution in [1.29, 1.82) is 0 Å². The van der Waals surface area contributed by atoms with Gasteiger partial charge in [0.1, 0.15) is 0 Å². The van der Waals surface area contributed by atoms with Crippen molar-refractivity contribution < 1.29 is 0 Å². The molecular weight excluding hydrogens is 210 g/mol. The maximum atomic E-state index is 4.20. The Morgan fingerprint density at radius 1 is 1.29 bits per heavy atom. The maximum Gasteiger partial charge on any atom is 0.0521 e. The van der Waals surface area contributed by atoms with Crippen molar-refractivity contribution >= 4 is 0 Å². The van der Waals surface area contributed by atoms with Crippen molar-refractivity contribution in [2.75, 3.05) is 6.54 Å². The first-order valence-electron chi connectivity index (χ1n) is 6.97. The second kappa shape index (κ2) is 8.29. The van der Waals surface area contributed by atoms with E-state index in [-0.39, 0.29) is 0 Å². The van der Waals surface area contributed by atoms with E-state index < -0.39 is 0 Å². The minimum Gasteiger partial charge on any atom is -0.314 e. The molecular formula is C14H27N3. The quantitative estimate of drug-likeness (QED) is 0.715. The lowest BCUT2D eigenvalue weighted by Gasteiger charge is -2.17. The Hall–Kier alpha value is -0.830. The molecule has 98 valence electrons. The Kier molecular flexibility index (Phi) is 6.94. The summed E-state index contributed by atoms with van der Waals surface area (Å²) >= 11 is 0. The molecule has 1 N–H and O–H groups in total. The van der Waals surface area contributed by atoms with Gasteiger partial charge in [-0.2, -0.15) is 5.10 Å². The first kappa shape index (κ1) is 14.2. The van der Waals surface area contributed by atoms with Crippen molar-refractivity contribution in [3.63, 3.8) is 0 Å². The average molecular weight is 237 g/mol. The van der Waals surface area contributed by atoms with Crippen LogP contribution in [0.1, 0.15) is 51.5 Å². The second-order valence-electron chi connectivity index (χ2n) is 4.85. The number of nitrogens with zero attached hydrogens (tertiary/aromatic N) is 2. The minimum absolute atomic E-state index is 0.705. The fraction of sp³-hybridized carbons (Fsp3) is 0.786. The number of hydrogen-bond donors (Lipinski definition) is 1. The molecule has 0 aromatic carbocycles. The molecule has 0 radical (unpaired) electrons. The summed E-state index contributed by atoms with van der Waals surface area (Å²) in [5.41, 5.74) is 1.36. The van der Waals surface area contributed by atoms with E-state index in [1.54, 1.807) is 0 Å². The molecule has 0 saturated heterocycles. The van der Waals surface area contributed by atoms with E-state index in [0.29, 0.717) is 6.04 Å². The van der Waals surface area contributed by atoms with Crippen molar-refractivity contribution in [1.82, 2.24) is 15.1 Å². The third-order valence-electron chi connectivity index (χ3n) is 3.10. The van der Waals surface area contributed by atoms with Gasteiger partial charge in [0.15, 0.2) is 0 Å². The van der Waals surface area contributed by atoms with Gasteiger partial charge in [0.05, 0.1) is 6.20 Å². The summed E-state index contributed by atoms with van der Waals surface area (Å²) < 4.78 is 1.88. The van der Waals surface area contributed by atoms with E-state index in [0.717, 1.165) is 13.0 Å². The van der Waals surface area contributed by atoms with E-state index >= 15 is 0 Å². The molecule has 0 aliphatic rings. The van der Waals surface area contributed by atoms with Crippen molar-refractivity contribution in [2.24, 2.45) is 7.05 Å². The molecule has 0 saturated carbocycles. The van der Waals surface area contributed by atoms with Crippen LogP contribution >= 0.6 is 0 Å². The Balaban J connectivity index is 2.21. The van der Waals surface area contributed by atoms with Crippen LogP contribution < -0.4 is 5.32 Å². The molecule has 1 aromatic rings. The zero-order valence-electron chi connectivity index (χ0n) is 11.6. The molecule has 1 aromatic heterocycles. The van der Waals surface area contributed by atoms with Crippen LogP contribution in [-0.4, -0.2) is 22.4 Å². The lowest BCUT2D eigenvalue weighted by Crippen LogP contribution is -2.29. The van der Waals surface area contributed by atoms with E-state index in [9.17, 15) is 0 Å². The molecule has 1 unspecified atom stereocenters. The fourth-order valence-electron chi connectivity index (χ4n) is 2.20. The highest BCUT2D eigenvalue weighted by Gasteiger charge is 2.06. The molecule has 17 heavy (non-hydrogen) atoms. The van der Waals surface area contributed by atoms with E-state index in [1.807, 2.05) is 17.9 Å². The Morgan fingerprint density at radius 2 is 2.12 bits per heavy atom. The van der Waals surface area contributed by atoms with Crippen LogP contribution in [0.3, 0.4) is 0 Å². The lowest BCUT2D eigenvalue weighted by atomic mass is 10.0. The van der Waals surface area contributed by atoms with Gasteiger partial charge in [0, 0.05) is 19.3 Å². The van der Waals surface area contributed by atoms with Crippen LogP contribution in [-0.2, 0) is 13.5 Å². The predicted molar refractivity (Wildman–Crippen MR) is 73.1 cm³/mol. The summed E-state index contributed by atoms with van der Waals surface area (Å²) in [5, 5.41) is 7.84. The van der Waals surface area contributed by atoms with Gasteiger partial charge >= 0.3 is 0 Å². The van der Waals surface area contributed by atoms with E-state index in [1.165, 1.54) is 37.7 Å². The number of rotatable bonds is 9. The molecule has 0 bridgehead atoms. The first-order valence-corrected chi connectivity index (χ1v) is 6.97. The van der Waals surface area contributed by atoms with Crippen molar-refractivity contribution in [3.05, 3.63) is 18.0 Å². The highest BCUT2D eigenvalue weighted by Crippen LogP contribution is 2.09. The molecule has 0 amide bonds. The van der Waals surface area contributed by atoms with Gasteiger partial charge in [-0.3, -0.25) is 4.68 Å². The lowest BCUT2D eigenvalue weighted by molar-refractivity contribution is 0.438. The zero-order valence-corrected chi connectivity index (χ0v) is 11.6. The largest absolute Gasteiger partial charge is 0.314 e. The Morgan fingerprint density at radius 3 is 2.71 bits per heavy atom. The first-order chi connectivity index (χ1) is 8.26. The van der Waals surface area contributed by atoms with Crippen LogP contribution in [0.5, 0.6) is 0 Å². The van der Waals surface area contributed by atoms with Gasteiger partial charge in [0.2, 0.25) is 0 Å². The standard InChI is InChI=1S/C14H27N3/c1-4-7-14(15-10-5-2)9-6-8-13-11-16-17(3)12-13/h11-12,14-15H,4-10H2,1-3H3. The highest BCUT2D eigenvalue weighted by molar-refractivity contribution is 5.03. The summed E-state index contributed by atoms with van der Waals surface area (Å²) in [5.74, 6) is 0. The monoisotopic (exact) mass is 237 g/mol. The smallest absolute Gasteiger partial charge is 0.0521 e. The van der Waals surface area contributed by atoms with Crippen LogP contribution in [0.15, 0.2) is 12.4 Å². The normalized spacial score (nSPS) is 12.9. The zero-order chi connectivity index (χ0) is 12.5. The number of nitrogens with one attached hydrogen (secondary N) is 1. The van der Waals surface area contributed by atoms with Crippen molar-refractivity contribution in [2.45, 2.75) is 58.4 Å². The average Bonchev–Trinajstić information content (AvgIpc) is 2.72. The Bertz CT molecular complexity index is 293. The summed E-state index contributed by atoms with van der Waals surface area (Å²) in [4.78, 5) is 0. The van der Waals surface area contributed by atoms with Gasteiger partial charge < -0.3 is 5.32 Å². The topological polar surface area (TPSA) is 29.9 Å². The van der Waals surface area contributed by atoms with Crippen LogP contribution in [0.2, 0.25) is 0 Å². The molecule has 0 fully saturated rings. The van der Waals surface area contributed by atoms with Crippen LogP contribution in [0, 0.1) is 0 Å². The summed E-state index contributed by atoms with van der Waals surface area (Å²) in [6.07, 6.45) is 11.6. The molecule has 1 heterocycles. The molecule has 0 aliphatic carbocycles. The van der Waals surface area contributed by atoms with E-state index in [4.69, 9.17) is 0 Å². The molecule has 0 spiro atoms. The molecule has 0 aliphatic heterocycles. The highest BCUT2D eigenvalue weighted by atomic mass is 15.2. The van der Waals surface area contributed by atoms with E-state index in [2.05, 4.69) is 30.5 Å². The number of aryl methyl sites for hydroxylation is 2.